The van der Waals surface area contributed by atoms with Crippen molar-refractivity contribution in [3.8, 4) is 0 Å². The lowest BCUT2D eigenvalue weighted by Gasteiger charge is -2.35. The Bertz CT molecular complexity index is 3000. The summed E-state index contributed by atoms with van der Waals surface area (Å²) >= 11 is 0. The zero-order chi connectivity index (χ0) is 60.8. The van der Waals surface area contributed by atoms with E-state index in [1.54, 1.807) is 76.5 Å². The lowest BCUT2D eigenvalue weighted by Crippen LogP contribution is -2.58. The molecule has 0 radical (unpaired) electrons. The van der Waals surface area contributed by atoms with Crippen molar-refractivity contribution in [2.75, 3.05) is 27.2 Å². The number of likely N-dealkylation sites (N-methyl/N-ethyl adjacent to an activating group) is 2. The standard InChI is InChI=1S/C66H84F2N10O8/c1-37(69-3)59(79)75-57(41-13-7-5-8-14-41)65(85)77-35-49(33-55(77)63(83)73-53-19-11-17-39-25-27-47(67)31-51(39)53)71-61(81)45-23-21-44-30-46(24-22-43(44)29-45)62(82)72-50-34-56(64(84)74-54-20-12-18-40-26-28-48(68)32-52(40)54)78(36-50)66(86)58(42-15-9-6-10-16-42)76-60(80)38(2)70-4/h21-32,37-38,41-42,49-50,53-58,69-70H,5-20,33-36H2,1-4H3,(H,71,81)(H,72,82)(H,73,83)(H,74,84)(H,75,79)(H,76,80)/t37-,38-,49-,50-,53+,54+,55-,56-,57-,58-/m0/s1. The summed E-state index contributed by atoms with van der Waals surface area (Å²) in [5.41, 5.74) is 3.92. The molecule has 4 aromatic carbocycles. The first kappa shape index (κ1) is 61.8. The number of hydrogen-bond acceptors (Lipinski definition) is 10. The van der Waals surface area contributed by atoms with Crippen molar-refractivity contribution in [3.05, 3.63) is 118 Å². The molecule has 460 valence electrons. The van der Waals surface area contributed by atoms with Crippen LogP contribution >= 0.6 is 0 Å². The van der Waals surface area contributed by atoms with Gasteiger partial charge >= 0.3 is 0 Å². The first-order chi connectivity index (χ1) is 41.5. The van der Waals surface area contributed by atoms with E-state index >= 15 is 0 Å². The second-order valence-corrected chi connectivity index (χ2v) is 25.0. The average molecular weight is 1180 g/mol. The Balaban J connectivity index is 0.848. The lowest BCUT2D eigenvalue weighted by atomic mass is 9.83. The van der Waals surface area contributed by atoms with Crippen LogP contribution in [0.3, 0.4) is 0 Å². The zero-order valence-corrected chi connectivity index (χ0v) is 49.9. The maximum absolute atomic E-state index is 15.0. The second kappa shape index (κ2) is 27.6. The smallest absolute Gasteiger partial charge is 0.251 e. The molecule has 8 amide bonds. The Morgan fingerprint density at radius 2 is 0.872 bits per heavy atom. The van der Waals surface area contributed by atoms with Crippen molar-refractivity contribution in [2.24, 2.45) is 11.8 Å². The number of halogens is 2. The lowest BCUT2D eigenvalue weighted by molar-refractivity contribution is -0.143. The van der Waals surface area contributed by atoms with Gasteiger partial charge in [0.25, 0.3) is 11.8 Å². The minimum atomic E-state index is -1.00. The zero-order valence-electron chi connectivity index (χ0n) is 49.9. The number of carbonyl (C=O) groups is 8. The SMILES string of the molecule is CN[C@@H](C)C(=O)N[C@H](C(=O)N1C[C@@H](NC(=O)c2ccc3cc(C(=O)N[C@H]4C[C@@H](C(=O)N[C@@H]5CCCc6ccc(F)cc65)N(C(=O)[C@@H](NC(=O)[C@H](C)NC)C5CCCCC5)C4)ccc3c2)C[C@H]1C(=O)N[C@@H]1CCCc2ccc(F)cc21)C1CCCCC1. The highest BCUT2D eigenvalue weighted by atomic mass is 19.1. The fourth-order valence-corrected chi connectivity index (χ4v) is 14.2. The van der Waals surface area contributed by atoms with E-state index in [9.17, 15) is 47.1 Å². The van der Waals surface area contributed by atoms with Crippen molar-refractivity contribution >= 4 is 58.0 Å². The molecule has 8 N–H and O–H groups in total. The maximum atomic E-state index is 15.0. The number of likely N-dealkylation sites (tertiary alicyclic amines) is 2. The molecule has 0 unspecified atom stereocenters. The Morgan fingerprint density at radius 1 is 0.477 bits per heavy atom. The van der Waals surface area contributed by atoms with Crippen molar-refractivity contribution in [3.63, 3.8) is 0 Å². The normalized spacial score (nSPS) is 23.8. The summed E-state index contributed by atoms with van der Waals surface area (Å²) in [4.78, 5) is 117. The molecule has 4 fully saturated rings. The van der Waals surface area contributed by atoms with Gasteiger partial charge in [0.1, 0.15) is 35.8 Å². The van der Waals surface area contributed by atoms with E-state index in [0.29, 0.717) is 45.9 Å². The van der Waals surface area contributed by atoms with E-state index in [4.69, 9.17) is 0 Å². The van der Waals surface area contributed by atoms with Crippen LogP contribution in [0.4, 0.5) is 8.78 Å². The molecule has 4 aromatic rings. The van der Waals surface area contributed by atoms with Gasteiger partial charge in [-0.1, -0.05) is 62.8 Å². The van der Waals surface area contributed by atoms with Gasteiger partial charge in [-0.3, -0.25) is 38.4 Å². The number of hydrogen-bond donors (Lipinski definition) is 8. The average Bonchev–Trinajstić information content (AvgIpc) is 2.05. The van der Waals surface area contributed by atoms with Crippen molar-refractivity contribution in [1.29, 1.82) is 0 Å². The van der Waals surface area contributed by atoms with E-state index in [1.165, 1.54) is 34.1 Å². The quantitative estimate of drug-likeness (QED) is 0.0557. The van der Waals surface area contributed by atoms with Crippen LogP contribution in [0.25, 0.3) is 10.8 Å². The number of rotatable bonds is 18. The van der Waals surface area contributed by atoms with Crippen LogP contribution < -0.4 is 42.5 Å². The van der Waals surface area contributed by atoms with Gasteiger partial charge in [-0.15, -0.1) is 0 Å². The van der Waals surface area contributed by atoms with Gasteiger partial charge in [-0.05, 0) is 198 Å². The molecule has 6 aliphatic rings. The van der Waals surface area contributed by atoms with E-state index < -0.39 is 95.7 Å². The molecule has 2 heterocycles. The van der Waals surface area contributed by atoms with Crippen LogP contribution in [-0.4, -0.2) is 133 Å². The molecule has 20 heteroatoms. The third kappa shape index (κ3) is 14.1. The molecule has 2 aliphatic heterocycles. The van der Waals surface area contributed by atoms with Gasteiger partial charge in [-0.2, -0.15) is 0 Å². The molecule has 4 aliphatic carbocycles. The summed E-state index contributed by atoms with van der Waals surface area (Å²) in [5, 5.41) is 25.7. The minimum Gasteiger partial charge on any atom is -0.347 e. The number of benzene rings is 4. The predicted molar refractivity (Wildman–Crippen MR) is 321 cm³/mol. The topological polar surface area (TPSA) is 239 Å². The van der Waals surface area contributed by atoms with Crippen molar-refractivity contribution in [2.45, 2.75) is 190 Å². The Labute approximate surface area is 502 Å². The molecule has 0 spiro atoms. The van der Waals surface area contributed by atoms with Gasteiger partial charge < -0.3 is 52.3 Å². The van der Waals surface area contributed by atoms with E-state index in [1.807, 2.05) is 0 Å². The number of amides is 8. The summed E-state index contributed by atoms with van der Waals surface area (Å²) in [5.74, 6) is -4.28. The highest BCUT2D eigenvalue weighted by Crippen LogP contribution is 2.36. The van der Waals surface area contributed by atoms with Gasteiger partial charge in [0, 0.05) is 36.3 Å². The first-order valence-electron chi connectivity index (χ1n) is 31.4. The van der Waals surface area contributed by atoms with Crippen LogP contribution in [0, 0.1) is 23.5 Å². The number of aryl methyl sites for hydroxylation is 2. The number of fused-ring (bicyclic) bond motifs is 3. The van der Waals surface area contributed by atoms with Gasteiger partial charge in [0.2, 0.25) is 35.4 Å². The Hall–Kier alpha value is -7.32. The molecule has 0 bridgehead atoms. The van der Waals surface area contributed by atoms with E-state index in [0.717, 1.165) is 101 Å². The molecule has 0 aromatic heterocycles. The van der Waals surface area contributed by atoms with Crippen LogP contribution in [-0.2, 0) is 41.6 Å². The van der Waals surface area contributed by atoms with Gasteiger partial charge in [0.05, 0.1) is 24.2 Å². The predicted octanol–water partition coefficient (Wildman–Crippen LogP) is 6.25. The second-order valence-electron chi connectivity index (χ2n) is 25.0. The van der Waals surface area contributed by atoms with Crippen molar-refractivity contribution in [1.82, 2.24) is 52.3 Å². The number of nitrogens with one attached hydrogen (secondary N) is 8. The highest BCUT2D eigenvalue weighted by Gasteiger charge is 2.47. The molecule has 10 rings (SSSR count). The van der Waals surface area contributed by atoms with Crippen LogP contribution in [0.15, 0.2) is 72.8 Å². The summed E-state index contributed by atoms with van der Waals surface area (Å²) in [6, 6.07) is 12.2. The largest absolute Gasteiger partial charge is 0.347 e. The van der Waals surface area contributed by atoms with Gasteiger partial charge in [0.15, 0.2) is 0 Å². The third-order valence-electron chi connectivity index (χ3n) is 19.3. The van der Waals surface area contributed by atoms with E-state index in [2.05, 4.69) is 42.5 Å². The minimum absolute atomic E-state index is 0.00742. The summed E-state index contributed by atoms with van der Waals surface area (Å²) in [6.07, 6.45) is 13.0. The molecule has 18 nitrogen and oxygen atoms in total. The molecular weight excluding hydrogens is 1100 g/mol. The first-order valence-corrected chi connectivity index (χ1v) is 31.4. The van der Waals surface area contributed by atoms with E-state index in [-0.39, 0.29) is 61.4 Å². The van der Waals surface area contributed by atoms with Crippen LogP contribution in [0.1, 0.15) is 172 Å². The summed E-state index contributed by atoms with van der Waals surface area (Å²) in [7, 11) is 3.34. The summed E-state index contributed by atoms with van der Waals surface area (Å²) < 4.78 is 29.2. The molecule has 10 atom stereocenters. The monoisotopic (exact) mass is 1180 g/mol. The number of nitrogens with zero attached hydrogens (tertiary/aromatic N) is 2. The van der Waals surface area contributed by atoms with Gasteiger partial charge in [-0.25, -0.2) is 8.78 Å². The third-order valence-corrected chi connectivity index (χ3v) is 19.3. The Kier molecular flexibility index (Phi) is 19.8. The Morgan fingerprint density at radius 3 is 1.26 bits per heavy atom. The van der Waals surface area contributed by atoms with Crippen molar-refractivity contribution < 1.29 is 47.1 Å². The molecular formula is C66H84F2N10O8. The molecule has 2 saturated heterocycles. The molecule has 86 heavy (non-hydrogen) atoms. The van der Waals surface area contributed by atoms with Crippen LogP contribution in [0.2, 0.25) is 0 Å². The molecule has 2 saturated carbocycles. The maximum Gasteiger partial charge on any atom is 0.251 e. The van der Waals surface area contributed by atoms with Crippen LogP contribution in [0.5, 0.6) is 0 Å². The fourth-order valence-electron chi connectivity index (χ4n) is 14.2. The summed E-state index contributed by atoms with van der Waals surface area (Å²) in [6.45, 7) is 3.44. The highest BCUT2D eigenvalue weighted by molar-refractivity contribution is 6.03. The fraction of sp³-hybridized carbons (Fsp3) is 0.545. The number of carbonyl (C=O) groups excluding carboxylic acids is 8.